The van der Waals surface area contributed by atoms with Crippen LogP contribution in [0.4, 0.5) is 11.4 Å². The summed E-state index contributed by atoms with van der Waals surface area (Å²) in [6.45, 7) is 0.116. The summed E-state index contributed by atoms with van der Waals surface area (Å²) in [5, 5.41) is 5.76. The number of methoxy groups -OCH3 is 1. The molecule has 0 spiro atoms. The summed E-state index contributed by atoms with van der Waals surface area (Å²) in [5.74, 6) is -0.653. The lowest BCUT2D eigenvalue weighted by molar-refractivity contribution is -0.114. The molecule has 5 nitrogen and oxygen atoms in total. The van der Waals surface area contributed by atoms with E-state index in [1.807, 2.05) is 24.3 Å². The first-order chi connectivity index (χ1) is 10.6. The van der Waals surface area contributed by atoms with E-state index in [4.69, 9.17) is 0 Å². The van der Waals surface area contributed by atoms with Crippen molar-refractivity contribution in [2.24, 2.45) is 0 Å². The van der Waals surface area contributed by atoms with E-state index < -0.39 is 5.97 Å². The average molecular weight is 363 g/mol. The summed E-state index contributed by atoms with van der Waals surface area (Å²) in [4.78, 5) is 23.4. The maximum atomic E-state index is 11.9. The molecule has 2 rings (SSSR count). The second-order valence-electron chi connectivity index (χ2n) is 4.45. The molecular formula is C16H15BrN2O3. The fourth-order valence-corrected chi connectivity index (χ4v) is 2.25. The van der Waals surface area contributed by atoms with E-state index in [1.165, 1.54) is 7.11 Å². The molecule has 0 radical (unpaired) electrons. The largest absolute Gasteiger partial charge is 0.465 e. The van der Waals surface area contributed by atoms with Crippen LogP contribution in [0.15, 0.2) is 53.0 Å². The van der Waals surface area contributed by atoms with Gasteiger partial charge in [-0.05, 0) is 46.3 Å². The summed E-state index contributed by atoms with van der Waals surface area (Å²) in [6, 6.07) is 14.1. The first-order valence-corrected chi connectivity index (χ1v) is 7.36. The van der Waals surface area contributed by atoms with Gasteiger partial charge in [-0.25, -0.2) is 4.79 Å². The molecular weight excluding hydrogens is 348 g/mol. The number of carbonyl (C=O) groups is 2. The van der Waals surface area contributed by atoms with Crippen LogP contribution in [-0.2, 0) is 9.53 Å². The van der Waals surface area contributed by atoms with Gasteiger partial charge < -0.3 is 15.4 Å². The number of amides is 1. The van der Waals surface area contributed by atoms with E-state index in [1.54, 1.807) is 24.3 Å². The quantitative estimate of drug-likeness (QED) is 0.800. The van der Waals surface area contributed by atoms with E-state index in [9.17, 15) is 9.59 Å². The number of ether oxygens (including phenoxy) is 1. The molecule has 0 bridgehead atoms. The zero-order valence-corrected chi connectivity index (χ0v) is 13.5. The smallest absolute Gasteiger partial charge is 0.337 e. The van der Waals surface area contributed by atoms with Gasteiger partial charge in [0.05, 0.1) is 19.2 Å². The van der Waals surface area contributed by atoms with Crippen LogP contribution in [0.3, 0.4) is 0 Å². The third-order valence-corrected chi connectivity index (χ3v) is 3.57. The van der Waals surface area contributed by atoms with Gasteiger partial charge in [0.2, 0.25) is 5.91 Å². The maximum Gasteiger partial charge on any atom is 0.337 e. The highest BCUT2D eigenvalue weighted by molar-refractivity contribution is 9.10. The Balaban J connectivity index is 1.95. The fourth-order valence-electron chi connectivity index (χ4n) is 1.83. The fraction of sp³-hybridized carbons (Fsp3) is 0.125. The Hall–Kier alpha value is -2.34. The molecule has 0 atom stereocenters. The first-order valence-electron chi connectivity index (χ1n) is 6.57. The van der Waals surface area contributed by atoms with Gasteiger partial charge in [0.15, 0.2) is 0 Å². The lowest BCUT2D eigenvalue weighted by atomic mass is 10.2. The van der Waals surface area contributed by atoms with Gasteiger partial charge in [-0.15, -0.1) is 0 Å². The Morgan fingerprint density at radius 3 is 2.64 bits per heavy atom. The molecule has 22 heavy (non-hydrogen) atoms. The van der Waals surface area contributed by atoms with Crippen molar-refractivity contribution in [3.8, 4) is 0 Å². The predicted octanol–water partition coefficient (Wildman–Crippen LogP) is 3.29. The Labute approximate surface area is 136 Å². The third kappa shape index (κ3) is 4.33. The molecule has 0 aliphatic carbocycles. The average Bonchev–Trinajstić information content (AvgIpc) is 2.53. The monoisotopic (exact) mass is 362 g/mol. The van der Waals surface area contributed by atoms with Crippen LogP contribution in [0.2, 0.25) is 0 Å². The van der Waals surface area contributed by atoms with Crippen molar-refractivity contribution in [3.05, 3.63) is 58.6 Å². The standard InChI is InChI=1S/C16H15BrN2O3/c1-22-16(21)11-5-4-6-12(9-11)19-15(20)10-18-14-8-3-2-7-13(14)17/h2-9,18H,10H2,1H3,(H,19,20). The second-order valence-corrected chi connectivity index (χ2v) is 5.31. The SMILES string of the molecule is COC(=O)c1cccc(NC(=O)CNc2ccccc2Br)c1. The normalized spacial score (nSPS) is 9.91. The molecule has 2 aromatic carbocycles. The Kier molecular flexibility index (Phi) is 5.55. The number of hydrogen-bond donors (Lipinski definition) is 2. The minimum absolute atomic E-state index is 0.116. The van der Waals surface area contributed by atoms with E-state index in [2.05, 4.69) is 31.3 Å². The molecule has 2 aromatic rings. The number of para-hydroxylation sites is 1. The molecule has 0 aliphatic rings. The number of anilines is 2. The minimum atomic E-state index is -0.442. The van der Waals surface area contributed by atoms with Crippen molar-refractivity contribution >= 4 is 39.2 Å². The lowest BCUT2D eigenvalue weighted by Gasteiger charge is -2.09. The first kappa shape index (κ1) is 16.0. The number of benzene rings is 2. The van der Waals surface area contributed by atoms with Crippen molar-refractivity contribution in [3.63, 3.8) is 0 Å². The number of nitrogens with one attached hydrogen (secondary N) is 2. The Bertz CT molecular complexity index is 689. The topological polar surface area (TPSA) is 67.4 Å². The van der Waals surface area contributed by atoms with Gasteiger partial charge in [-0.1, -0.05) is 18.2 Å². The van der Waals surface area contributed by atoms with Crippen LogP contribution in [0.1, 0.15) is 10.4 Å². The molecule has 0 saturated heterocycles. The van der Waals surface area contributed by atoms with Gasteiger partial charge in [-0.3, -0.25) is 4.79 Å². The second kappa shape index (κ2) is 7.61. The predicted molar refractivity (Wildman–Crippen MR) is 89.0 cm³/mol. The van der Waals surface area contributed by atoms with Crippen molar-refractivity contribution in [2.75, 3.05) is 24.3 Å². The van der Waals surface area contributed by atoms with Gasteiger partial charge in [-0.2, -0.15) is 0 Å². The Morgan fingerprint density at radius 1 is 1.14 bits per heavy atom. The highest BCUT2D eigenvalue weighted by atomic mass is 79.9. The summed E-state index contributed by atoms with van der Waals surface area (Å²) >= 11 is 3.40. The molecule has 0 heterocycles. The molecule has 0 unspecified atom stereocenters. The number of halogens is 1. The van der Waals surface area contributed by atoms with Gasteiger partial charge in [0.1, 0.15) is 0 Å². The van der Waals surface area contributed by atoms with Crippen molar-refractivity contribution in [1.82, 2.24) is 0 Å². The highest BCUT2D eigenvalue weighted by Crippen LogP contribution is 2.20. The Morgan fingerprint density at radius 2 is 1.91 bits per heavy atom. The summed E-state index contributed by atoms with van der Waals surface area (Å²) in [5.41, 5.74) is 1.77. The summed E-state index contributed by atoms with van der Waals surface area (Å²) in [7, 11) is 1.31. The van der Waals surface area contributed by atoms with Gasteiger partial charge in [0.25, 0.3) is 0 Å². The van der Waals surface area contributed by atoms with E-state index >= 15 is 0 Å². The molecule has 0 aliphatic heterocycles. The lowest BCUT2D eigenvalue weighted by Crippen LogP contribution is -2.22. The molecule has 1 amide bonds. The number of rotatable bonds is 5. The number of carbonyl (C=O) groups excluding carboxylic acids is 2. The highest BCUT2D eigenvalue weighted by Gasteiger charge is 2.08. The zero-order valence-electron chi connectivity index (χ0n) is 11.9. The number of esters is 1. The van der Waals surface area contributed by atoms with Crippen LogP contribution in [-0.4, -0.2) is 25.5 Å². The van der Waals surface area contributed by atoms with E-state index in [0.29, 0.717) is 11.3 Å². The minimum Gasteiger partial charge on any atom is -0.465 e. The van der Waals surface area contributed by atoms with Gasteiger partial charge in [0, 0.05) is 15.8 Å². The summed E-state index contributed by atoms with van der Waals surface area (Å²) in [6.07, 6.45) is 0. The van der Waals surface area contributed by atoms with E-state index in [0.717, 1.165) is 10.2 Å². The molecule has 0 fully saturated rings. The molecule has 114 valence electrons. The molecule has 0 aromatic heterocycles. The van der Waals surface area contributed by atoms with Crippen molar-refractivity contribution in [2.45, 2.75) is 0 Å². The maximum absolute atomic E-state index is 11.9. The van der Waals surface area contributed by atoms with Crippen LogP contribution >= 0.6 is 15.9 Å². The van der Waals surface area contributed by atoms with Gasteiger partial charge >= 0.3 is 5.97 Å². The number of hydrogen-bond acceptors (Lipinski definition) is 4. The molecule has 6 heteroatoms. The van der Waals surface area contributed by atoms with Crippen LogP contribution in [0.25, 0.3) is 0 Å². The third-order valence-electron chi connectivity index (χ3n) is 2.88. The van der Waals surface area contributed by atoms with Crippen LogP contribution < -0.4 is 10.6 Å². The van der Waals surface area contributed by atoms with Crippen molar-refractivity contribution < 1.29 is 14.3 Å². The van der Waals surface area contributed by atoms with Crippen LogP contribution in [0.5, 0.6) is 0 Å². The molecule has 2 N–H and O–H groups in total. The van der Waals surface area contributed by atoms with Crippen LogP contribution in [0, 0.1) is 0 Å². The van der Waals surface area contributed by atoms with E-state index in [-0.39, 0.29) is 12.5 Å². The zero-order chi connectivity index (χ0) is 15.9. The molecule has 0 saturated carbocycles. The summed E-state index contributed by atoms with van der Waals surface area (Å²) < 4.78 is 5.53. The van der Waals surface area contributed by atoms with Crippen molar-refractivity contribution in [1.29, 1.82) is 0 Å².